The third kappa shape index (κ3) is 6.39. The van der Waals surface area contributed by atoms with Crippen LogP contribution in [0.5, 0.6) is 0 Å². The predicted octanol–water partition coefficient (Wildman–Crippen LogP) is 3.30. The van der Waals surface area contributed by atoms with Crippen molar-refractivity contribution in [1.82, 2.24) is 0 Å². The fraction of sp³-hybridized carbons (Fsp3) is 0.222. The van der Waals surface area contributed by atoms with Crippen LogP contribution >= 0.6 is 11.8 Å². The lowest BCUT2D eigenvalue weighted by atomic mass is 10.2. The van der Waals surface area contributed by atoms with Crippen LogP contribution in [0.25, 0.3) is 0 Å². The molecule has 0 bridgehead atoms. The number of carbonyl (C=O) groups excluding carboxylic acids is 2. The summed E-state index contributed by atoms with van der Waals surface area (Å²) in [5.41, 5.74) is 1.21. The zero-order chi connectivity index (χ0) is 19.8. The highest BCUT2D eigenvalue weighted by Crippen LogP contribution is 2.26. The number of carbonyl (C=O) groups is 2. The van der Waals surface area contributed by atoms with Gasteiger partial charge in [-0.2, -0.15) is 0 Å². The standard InChI is InChI=1S/C18H19N3O5S/c1-12(27-16-9-7-15(8-10-16)21(24)25)18(23)20-14-5-3-13(4-6-14)19-17(22)11-26-2/h3-10,12H,11H2,1-2H3,(H,19,22)(H,20,23). The molecule has 0 fully saturated rings. The van der Waals surface area contributed by atoms with Crippen LogP contribution in [0.15, 0.2) is 53.4 Å². The number of rotatable bonds is 8. The van der Waals surface area contributed by atoms with E-state index in [0.29, 0.717) is 11.4 Å². The van der Waals surface area contributed by atoms with Gasteiger partial charge < -0.3 is 15.4 Å². The molecule has 27 heavy (non-hydrogen) atoms. The van der Waals surface area contributed by atoms with E-state index in [0.717, 1.165) is 4.90 Å². The average molecular weight is 389 g/mol. The topological polar surface area (TPSA) is 111 Å². The second-order valence-corrected chi connectivity index (χ2v) is 6.97. The van der Waals surface area contributed by atoms with Crippen molar-refractivity contribution in [3.8, 4) is 0 Å². The molecule has 1 unspecified atom stereocenters. The first kappa shape index (κ1) is 20.4. The number of hydrogen-bond acceptors (Lipinski definition) is 6. The van der Waals surface area contributed by atoms with Gasteiger partial charge in [0.15, 0.2) is 0 Å². The molecule has 2 aromatic rings. The fourth-order valence-corrected chi connectivity index (χ4v) is 2.98. The van der Waals surface area contributed by atoms with Gasteiger partial charge in [-0.05, 0) is 43.3 Å². The SMILES string of the molecule is COCC(=O)Nc1ccc(NC(=O)C(C)Sc2ccc([N+](=O)[O-])cc2)cc1. The lowest BCUT2D eigenvalue weighted by Gasteiger charge is -2.12. The van der Waals surface area contributed by atoms with Gasteiger partial charge in [-0.25, -0.2) is 0 Å². The number of anilines is 2. The summed E-state index contributed by atoms with van der Waals surface area (Å²) >= 11 is 1.30. The molecule has 9 heteroatoms. The van der Waals surface area contributed by atoms with Crippen molar-refractivity contribution in [2.45, 2.75) is 17.1 Å². The number of nitrogens with zero attached hydrogens (tertiary/aromatic N) is 1. The van der Waals surface area contributed by atoms with E-state index in [4.69, 9.17) is 4.74 Å². The summed E-state index contributed by atoms with van der Waals surface area (Å²) in [7, 11) is 1.44. The van der Waals surface area contributed by atoms with Crippen LogP contribution in [-0.2, 0) is 14.3 Å². The molecule has 2 rings (SSSR count). The highest BCUT2D eigenvalue weighted by molar-refractivity contribution is 8.00. The number of non-ortho nitro benzene ring substituents is 1. The minimum absolute atomic E-state index is 0.00846. The van der Waals surface area contributed by atoms with E-state index in [1.165, 1.54) is 31.0 Å². The zero-order valence-corrected chi connectivity index (χ0v) is 15.6. The van der Waals surface area contributed by atoms with E-state index in [2.05, 4.69) is 10.6 Å². The molecular formula is C18H19N3O5S. The minimum Gasteiger partial charge on any atom is -0.375 e. The monoisotopic (exact) mass is 389 g/mol. The summed E-state index contributed by atoms with van der Waals surface area (Å²) in [5, 5.41) is 15.7. The second-order valence-electron chi connectivity index (χ2n) is 5.56. The second kappa shape index (κ2) is 9.70. The number of nitro benzene ring substituents is 1. The molecule has 142 valence electrons. The Bertz CT molecular complexity index is 809. The summed E-state index contributed by atoms with van der Waals surface area (Å²) in [4.78, 5) is 34.7. The normalized spacial score (nSPS) is 11.5. The molecule has 0 spiro atoms. The van der Waals surface area contributed by atoms with Crippen LogP contribution in [0.2, 0.25) is 0 Å². The van der Waals surface area contributed by atoms with Crippen molar-refractivity contribution in [2.75, 3.05) is 24.4 Å². The van der Waals surface area contributed by atoms with Crippen LogP contribution in [0.3, 0.4) is 0 Å². The van der Waals surface area contributed by atoms with Gasteiger partial charge in [0.2, 0.25) is 11.8 Å². The maximum absolute atomic E-state index is 12.3. The summed E-state index contributed by atoms with van der Waals surface area (Å²) in [6, 6.07) is 12.8. The molecule has 1 atom stereocenters. The van der Waals surface area contributed by atoms with Gasteiger partial charge in [0.1, 0.15) is 6.61 Å². The predicted molar refractivity (Wildman–Crippen MR) is 104 cm³/mol. The largest absolute Gasteiger partial charge is 0.375 e. The quantitative estimate of drug-likeness (QED) is 0.407. The molecule has 8 nitrogen and oxygen atoms in total. The molecule has 0 aliphatic carbocycles. The number of thioether (sulfide) groups is 1. The summed E-state index contributed by atoms with van der Waals surface area (Å²) < 4.78 is 4.74. The van der Waals surface area contributed by atoms with Gasteiger partial charge in [0.25, 0.3) is 5.69 Å². The summed E-state index contributed by atoms with van der Waals surface area (Å²) in [6.45, 7) is 1.72. The van der Waals surface area contributed by atoms with Crippen LogP contribution in [0, 0.1) is 10.1 Å². The van der Waals surface area contributed by atoms with Crippen LogP contribution in [-0.4, -0.2) is 35.7 Å². The number of methoxy groups -OCH3 is 1. The molecule has 2 amide bonds. The third-order valence-electron chi connectivity index (χ3n) is 3.44. The number of nitro groups is 1. The van der Waals surface area contributed by atoms with Crippen molar-refractivity contribution in [3.63, 3.8) is 0 Å². The van der Waals surface area contributed by atoms with E-state index in [-0.39, 0.29) is 24.1 Å². The molecule has 2 aromatic carbocycles. The molecule has 0 aliphatic heterocycles. The van der Waals surface area contributed by atoms with Gasteiger partial charge in [-0.3, -0.25) is 19.7 Å². The van der Waals surface area contributed by atoms with Crippen molar-refractivity contribution in [3.05, 3.63) is 58.6 Å². The van der Waals surface area contributed by atoms with E-state index in [9.17, 15) is 19.7 Å². The van der Waals surface area contributed by atoms with Gasteiger partial charge >= 0.3 is 0 Å². The zero-order valence-electron chi connectivity index (χ0n) is 14.8. The summed E-state index contributed by atoms with van der Waals surface area (Å²) in [6.07, 6.45) is 0. The lowest BCUT2D eigenvalue weighted by molar-refractivity contribution is -0.384. The van der Waals surface area contributed by atoms with E-state index in [1.54, 1.807) is 43.3 Å². The average Bonchev–Trinajstić information content (AvgIpc) is 2.64. The first-order chi connectivity index (χ1) is 12.9. The van der Waals surface area contributed by atoms with Crippen molar-refractivity contribution < 1.29 is 19.2 Å². The van der Waals surface area contributed by atoms with Crippen LogP contribution in [0.1, 0.15) is 6.92 Å². The molecule has 0 saturated heterocycles. The Balaban J connectivity index is 1.89. The molecule has 0 saturated carbocycles. The summed E-state index contributed by atoms with van der Waals surface area (Å²) in [5.74, 6) is -0.461. The maximum Gasteiger partial charge on any atom is 0.269 e. The fourth-order valence-electron chi connectivity index (χ4n) is 2.11. The Labute approximate surface area is 160 Å². The first-order valence-electron chi connectivity index (χ1n) is 8.00. The van der Waals surface area contributed by atoms with Gasteiger partial charge in [-0.15, -0.1) is 11.8 Å². The van der Waals surface area contributed by atoms with Crippen LogP contribution in [0.4, 0.5) is 17.1 Å². The third-order valence-corrected chi connectivity index (χ3v) is 4.55. The molecule has 2 N–H and O–H groups in total. The molecule has 0 radical (unpaired) electrons. The number of amides is 2. The number of nitrogens with one attached hydrogen (secondary N) is 2. The van der Waals surface area contributed by atoms with Crippen LogP contribution < -0.4 is 10.6 Å². The molecular weight excluding hydrogens is 370 g/mol. The highest BCUT2D eigenvalue weighted by Gasteiger charge is 2.15. The molecule has 0 heterocycles. The highest BCUT2D eigenvalue weighted by atomic mass is 32.2. The Kier molecular flexibility index (Phi) is 7.33. The Morgan fingerprint density at radius 1 is 1.07 bits per heavy atom. The van der Waals surface area contributed by atoms with E-state index >= 15 is 0 Å². The van der Waals surface area contributed by atoms with Gasteiger partial charge in [-0.1, -0.05) is 0 Å². The van der Waals surface area contributed by atoms with E-state index in [1.807, 2.05) is 0 Å². The maximum atomic E-state index is 12.3. The number of ether oxygens (including phenoxy) is 1. The number of benzene rings is 2. The smallest absolute Gasteiger partial charge is 0.269 e. The van der Waals surface area contributed by atoms with E-state index < -0.39 is 10.2 Å². The Hall–Kier alpha value is -2.91. The number of hydrogen-bond donors (Lipinski definition) is 2. The molecule has 0 aliphatic rings. The van der Waals surface area contributed by atoms with Crippen molar-refractivity contribution in [1.29, 1.82) is 0 Å². The minimum atomic E-state index is -0.466. The van der Waals surface area contributed by atoms with Gasteiger partial charge in [0.05, 0.1) is 10.2 Å². The Morgan fingerprint density at radius 2 is 1.63 bits per heavy atom. The lowest BCUT2D eigenvalue weighted by Crippen LogP contribution is -2.22. The first-order valence-corrected chi connectivity index (χ1v) is 8.88. The van der Waals surface area contributed by atoms with Gasteiger partial charge in [0, 0.05) is 35.5 Å². The molecule has 0 aromatic heterocycles. The Morgan fingerprint density at radius 3 is 2.15 bits per heavy atom. The van der Waals surface area contributed by atoms with Crippen molar-refractivity contribution in [2.24, 2.45) is 0 Å². The van der Waals surface area contributed by atoms with Crippen molar-refractivity contribution >= 4 is 40.6 Å².